The lowest BCUT2D eigenvalue weighted by Gasteiger charge is -2.11. The van der Waals surface area contributed by atoms with E-state index in [1.807, 2.05) is 0 Å². The Hall–Kier alpha value is -2.06. The van der Waals surface area contributed by atoms with Crippen LogP contribution in [-0.4, -0.2) is 17.3 Å². The molecule has 1 aromatic heterocycles. The standard InChI is InChI=1S/C14H8Cl2F4N2O2/c15-8-3-4-21-12(16)11(8)13(23)22-6-7-1-2-10(9(17)5-7)24-14(18,19)20/h1-5H,6H2,(H,22,23). The van der Waals surface area contributed by atoms with Gasteiger partial charge in [-0.2, -0.15) is 0 Å². The van der Waals surface area contributed by atoms with Crippen LogP contribution in [0.5, 0.6) is 5.75 Å². The molecule has 0 aliphatic heterocycles. The Balaban J connectivity index is 2.07. The fraction of sp³-hybridized carbons (Fsp3) is 0.143. The van der Waals surface area contributed by atoms with Crippen molar-refractivity contribution in [2.24, 2.45) is 0 Å². The Kier molecular flexibility index (Phi) is 5.51. The summed E-state index contributed by atoms with van der Waals surface area (Å²) in [6.07, 6.45) is -3.68. The van der Waals surface area contributed by atoms with Crippen LogP contribution in [0.15, 0.2) is 30.5 Å². The van der Waals surface area contributed by atoms with E-state index >= 15 is 0 Å². The van der Waals surface area contributed by atoms with Gasteiger partial charge in [0.1, 0.15) is 5.15 Å². The minimum Gasteiger partial charge on any atom is -0.403 e. The normalized spacial score (nSPS) is 11.2. The zero-order valence-corrected chi connectivity index (χ0v) is 13.1. The molecule has 24 heavy (non-hydrogen) atoms. The van der Waals surface area contributed by atoms with Gasteiger partial charge in [0.2, 0.25) is 0 Å². The number of rotatable bonds is 4. The molecule has 0 bridgehead atoms. The van der Waals surface area contributed by atoms with Crippen molar-refractivity contribution in [1.29, 1.82) is 0 Å². The van der Waals surface area contributed by atoms with Crippen molar-refractivity contribution in [3.8, 4) is 5.75 Å². The lowest BCUT2D eigenvalue weighted by atomic mass is 10.2. The summed E-state index contributed by atoms with van der Waals surface area (Å²) in [7, 11) is 0. The van der Waals surface area contributed by atoms with E-state index in [1.54, 1.807) is 0 Å². The number of alkyl halides is 3. The molecule has 1 aromatic carbocycles. The quantitative estimate of drug-likeness (QED) is 0.631. The van der Waals surface area contributed by atoms with Crippen LogP contribution in [-0.2, 0) is 6.54 Å². The third-order valence-electron chi connectivity index (χ3n) is 2.76. The molecular weight excluding hydrogens is 375 g/mol. The highest BCUT2D eigenvalue weighted by molar-refractivity contribution is 6.38. The zero-order valence-electron chi connectivity index (χ0n) is 11.6. The molecule has 4 nitrogen and oxygen atoms in total. The average Bonchev–Trinajstić information content (AvgIpc) is 2.46. The number of halogens is 6. The van der Waals surface area contributed by atoms with E-state index in [1.165, 1.54) is 18.3 Å². The van der Waals surface area contributed by atoms with E-state index in [4.69, 9.17) is 23.2 Å². The maximum absolute atomic E-state index is 13.6. The molecule has 10 heteroatoms. The number of nitrogens with one attached hydrogen (secondary N) is 1. The lowest BCUT2D eigenvalue weighted by molar-refractivity contribution is -0.275. The second-order valence-corrected chi connectivity index (χ2v) is 5.22. The summed E-state index contributed by atoms with van der Waals surface area (Å²) in [5, 5.41) is 2.38. The van der Waals surface area contributed by atoms with Crippen molar-refractivity contribution in [1.82, 2.24) is 10.3 Å². The Bertz CT molecular complexity index is 749. The molecule has 0 saturated carbocycles. The van der Waals surface area contributed by atoms with Gasteiger partial charge in [0.15, 0.2) is 11.6 Å². The topological polar surface area (TPSA) is 51.2 Å². The first-order valence-corrected chi connectivity index (χ1v) is 7.05. The summed E-state index contributed by atoms with van der Waals surface area (Å²) in [4.78, 5) is 15.7. The first-order chi connectivity index (χ1) is 11.2. The van der Waals surface area contributed by atoms with E-state index in [9.17, 15) is 22.4 Å². The number of carbonyl (C=O) groups is 1. The average molecular weight is 383 g/mol. The predicted octanol–water partition coefficient (Wildman–Crippen LogP) is 4.36. The molecular formula is C14H8Cl2F4N2O2. The lowest BCUT2D eigenvalue weighted by Crippen LogP contribution is -2.24. The minimum absolute atomic E-state index is 0.0571. The van der Waals surface area contributed by atoms with Crippen molar-refractivity contribution in [3.63, 3.8) is 0 Å². The Morgan fingerprint density at radius 3 is 2.54 bits per heavy atom. The van der Waals surface area contributed by atoms with Crippen molar-refractivity contribution < 1.29 is 27.1 Å². The number of benzene rings is 1. The number of hydrogen-bond acceptors (Lipinski definition) is 3. The largest absolute Gasteiger partial charge is 0.573 e. The smallest absolute Gasteiger partial charge is 0.403 e. The number of pyridine rings is 1. The number of ether oxygens (including phenoxy) is 1. The Morgan fingerprint density at radius 1 is 1.25 bits per heavy atom. The molecule has 2 aromatic rings. The molecule has 1 N–H and O–H groups in total. The van der Waals surface area contributed by atoms with Gasteiger partial charge < -0.3 is 10.1 Å². The zero-order chi connectivity index (χ0) is 17.9. The van der Waals surface area contributed by atoms with E-state index in [0.717, 1.165) is 12.1 Å². The highest BCUT2D eigenvalue weighted by atomic mass is 35.5. The summed E-state index contributed by atoms with van der Waals surface area (Å²) in [6, 6.07) is 4.17. The van der Waals surface area contributed by atoms with Crippen LogP contribution in [0.25, 0.3) is 0 Å². The number of carbonyl (C=O) groups excluding carboxylic acids is 1. The summed E-state index contributed by atoms with van der Waals surface area (Å²) >= 11 is 11.6. The fourth-order valence-electron chi connectivity index (χ4n) is 1.75. The van der Waals surface area contributed by atoms with E-state index in [2.05, 4.69) is 15.0 Å². The molecule has 0 spiro atoms. The van der Waals surface area contributed by atoms with Gasteiger partial charge in [-0.3, -0.25) is 4.79 Å². The number of aromatic nitrogens is 1. The molecule has 0 aliphatic rings. The molecule has 0 fully saturated rings. The van der Waals surface area contributed by atoms with Gasteiger partial charge in [0.25, 0.3) is 5.91 Å². The maximum atomic E-state index is 13.6. The third-order valence-corrected chi connectivity index (χ3v) is 3.36. The minimum atomic E-state index is -5.00. The van der Waals surface area contributed by atoms with Crippen LogP contribution in [0.1, 0.15) is 15.9 Å². The monoisotopic (exact) mass is 382 g/mol. The second-order valence-electron chi connectivity index (χ2n) is 4.45. The van der Waals surface area contributed by atoms with Gasteiger partial charge in [-0.1, -0.05) is 29.3 Å². The summed E-state index contributed by atoms with van der Waals surface area (Å²) in [6.45, 7) is -0.163. The van der Waals surface area contributed by atoms with Crippen LogP contribution >= 0.6 is 23.2 Å². The van der Waals surface area contributed by atoms with Gasteiger partial charge in [-0.05, 0) is 23.8 Å². The fourth-order valence-corrected chi connectivity index (χ4v) is 2.27. The van der Waals surface area contributed by atoms with Crippen molar-refractivity contribution >= 4 is 29.1 Å². The SMILES string of the molecule is O=C(NCc1ccc(OC(F)(F)F)c(F)c1)c1c(Cl)ccnc1Cl. The van der Waals surface area contributed by atoms with Gasteiger partial charge in [0.05, 0.1) is 10.6 Å². The van der Waals surface area contributed by atoms with Crippen molar-refractivity contribution in [3.05, 3.63) is 57.6 Å². The van der Waals surface area contributed by atoms with Gasteiger partial charge in [-0.25, -0.2) is 9.37 Å². The highest BCUT2D eigenvalue weighted by Crippen LogP contribution is 2.26. The Labute approximate surface area is 143 Å². The molecule has 2 rings (SSSR count). The van der Waals surface area contributed by atoms with E-state index < -0.39 is 23.8 Å². The molecule has 128 valence electrons. The van der Waals surface area contributed by atoms with E-state index in [-0.39, 0.29) is 27.8 Å². The van der Waals surface area contributed by atoms with Crippen molar-refractivity contribution in [2.75, 3.05) is 0 Å². The van der Waals surface area contributed by atoms with Gasteiger partial charge in [0, 0.05) is 12.7 Å². The molecule has 0 unspecified atom stereocenters. The van der Waals surface area contributed by atoms with Crippen LogP contribution in [0.4, 0.5) is 17.6 Å². The van der Waals surface area contributed by atoms with Gasteiger partial charge >= 0.3 is 6.36 Å². The molecule has 0 aliphatic carbocycles. The highest BCUT2D eigenvalue weighted by Gasteiger charge is 2.32. The molecule has 0 radical (unpaired) electrons. The molecule has 1 amide bonds. The van der Waals surface area contributed by atoms with Crippen LogP contribution in [0.3, 0.4) is 0 Å². The maximum Gasteiger partial charge on any atom is 0.573 e. The Morgan fingerprint density at radius 2 is 1.96 bits per heavy atom. The summed E-state index contributed by atoms with van der Waals surface area (Å²) in [5.41, 5.74) is 0.157. The first-order valence-electron chi connectivity index (χ1n) is 6.30. The van der Waals surface area contributed by atoms with Crippen LogP contribution in [0.2, 0.25) is 10.2 Å². The molecule has 1 heterocycles. The predicted molar refractivity (Wildman–Crippen MR) is 78.5 cm³/mol. The first kappa shape index (κ1) is 18.3. The summed E-state index contributed by atoms with van der Waals surface area (Å²) in [5.74, 6) is -2.83. The number of nitrogens with zero attached hydrogens (tertiary/aromatic N) is 1. The number of amides is 1. The number of hydrogen-bond donors (Lipinski definition) is 1. The van der Waals surface area contributed by atoms with Crippen LogP contribution < -0.4 is 10.1 Å². The van der Waals surface area contributed by atoms with Crippen LogP contribution in [0, 0.1) is 5.82 Å². The summed E-state index contributed by atoms with van der Waals surface area (Å²) < 4.78 is 53.3. The van der Waals surface area contributed by atoms with Crippen molar-refractivity contribution in [2.45, 2.75) is 12.9 Å². The molecule has 0 atom stereocenters. The van der Waals surface area contributed by atoms with Gasteiger partial charge in [-0.15, -0.1) is 13.2 Å². The van der Waals surface area contributed by atoms with E-state index in [0.29, 0.717) is 0 Å². The molecule has 0 saturated heterocycles. The third kappa shape index (κ3) is 4.72. The second kappa shape index (κ2) is 7.23.